The molecule has 0 spiro atoms. The average molecular weight is 357 g/mol. The van der Waals surface area contributed by atoms with Gasteiger partial charge in [0.1, 0.15) is 17.1 Å². The van der Waals surface area contributed by atoms with Crippen LogP contribution in [0.2, 0.25) is 0 Å². The molecule has 1 aromatic carbocycles. The van der Waals surface area contributed by atoms with E-state index in [1.807, 2.05) is 25.2 Å². The number of hydrogen-bond donors (Lipinski definition) is 0. The molecule has 0 amide bonds. The Morgan fingerprint density at radius 3 is 2.15 bits per heavy atom. The Balaban J connectivity index is 3.32. The molecule has 0 bridgehead atoms. The molecule has 0 aliphatic carbocycles. The standard InChI is InChI=1S/C24H36O2/c1-9-14-15-22(11-3)26-24(12-4,13-5)21-16-18(6)23(19(7)17-21)25-20(8)10-2/h9,11,14-17,20H,1,10,12-13H2,2-8H3/b15-14-,22-11+. The van der Waals surface area contributed by atoms with Crippen LogP contribution < -0.4 is 4.74 Å². The van der Waals surface area contributed by atoms with E-state index < -0.39 is 0 Å². The van der Waals surface area contributed by atoms with E-state index in [9.17, 15) is 0 Å². The molecule has 0 aliphatic rings. The van der Waals surface area contributed by atoms with Crippen LogP contribution in [0, 0.1) is 13.8 Å². The fourth-order valence-electron chi connectivity index (χ4n) is 3.12. The molecule has 26 heavy (non-hydrogen) atoms. The van der Waals surface area contributed by atoms with Crippen molar-refractivity contribution in [2.45, 2.75) is 79.4 Å². The third-order valence-corrected chi connectivity index (χ3v) is 5.02. The summed E-state index contributed by atoms with van der Waals surface area (Å²) in [7, 11) is 0. The van der Waals surface area contributed by atoms with E-state index in [1.165, 1.54) is 16.7 Å². The van der Waals surface area contributed by atoms with Gasteiger partial charge in [-0.2, -0.15) is 0 Å². The van der Waals surface area contributed by atoms with Crippen LogP contribution in [-0.2, 0) is 10.3 Å². The van der Waals surface area contributed by atoms with Crippen LogP contribution in [0.3, 0.4) is 0 Å². The Hall–Kier alpha value is -1.96. The van der Waals surface area contributed by atoms with Gasteiger partial charge in [0, 0.05) is 0 Å². The molecule has 1 unspecified atom stereocenters. The number of rotatable bonds is 10. The first-order chi connectivity index (χ1) is 12.4. The van der Waals surface area contributed by atoms with Crippen LogP contribution in [-0.4, -0.2) is 6.10 Å². The molecule has 0 saturated heterocycles. The van der Waals surface area contributed by atoms with Gasteiger partial charge in [-0.25, -0.2) is 0 Å². The Morgan fingerprint density at radius 1 is 1.15 bits per heavy atom. The Labute approximate surface area is 160 Å². The zero-order chi connectivity index (χ0) is 19.7. The molecule has 1 atom stereocenters. The van der Waals surface area contributed by atoms with Crippen molar-refractivity contribution in [2.24, 2.45) is 0 Å². The van der Waals surface area contributed by atoms with Crippen LogP contribution in [0.4, 0.5) is 0 Å². The first-order valence-electron chi connectivity index (χ1n) is 9.80. The molecule has 0 radical (unpaired) electrons. The monoisotopic (exact) mass is 356 g/mol. The Kier molecular flexibility index (Phi) is 8.71. The molecule has 0 aliphatic heterocycles. The van der Waals surface area contributed by atoms with Crippen LogP contribution in [0.15, 0.2) is 48.8 Å². The van der Waals surface area contributed by atoms with Crippen molar-refractivity contribution in [1.82, 2.24) is 0 Å². The number of hydrogen-bond acceptors (Lipinski definition) is 2. The lowest BCUT2D eigenvalue weighted by Crippen LogP contribution is -2.28. The molecule has 0 fully saturated rings. The molecular weight excluding hydrogens is 320 g/mol. The number of benzene rings is 1. The Morgan fingerprint density at radius 2 is 1.73 bits per heavy atom. The second-order valence-corrected chi connectivity index (χ2v) is 6.87. The van der Waals surface area contributed by atoms with E-state index >= 15 is 0 Å². The van der Waals surface area contributed by atoms with Gasteiger partial charge in [-0.1, -0.05) is 39.5 Å². The van der Waals surface area contributed by atoms with Crippen LogP contribution in [0.1, 0.15) is 70.6 Å². The predicted molar refractivity (Wildman–Crippen MR) is 113 cm³/mol. The van der Waals surface area contributed by atoms with E-state index in [0.29, 0.717) is 0 Å². The minimum absolute atomic E-state index is 0.218. The summed E-state index contributed by atoms with van der Waals surface area (Å²) in [4.78, 5) is 0. The largest absolute Gasteiger partial charge is 0.490 e. The molecule has 1 aromatic rings. The first kappa shape index (κ1) is 22.1. The summed E-state index contributed by atoms with van der Waals surface area (Å²) in [5.41, 5.74) is 3.19. The van der Waals surface area contributed by atoms with Crippen molar-refractivity contribution < 1.29 is 9.47 Å². The molecular formula is C24H36O2. The second kappa shape index (κ2) is 10.3. The van der Waals surface area contributed by atoms with Gasteiger partial charge in [0.05, 0.1) is 6.10 Å². The molecule has 0 heterocycles. The summed E-state index contributed by atoms with van der Waals surface area (Å²) in [6.45, 7) is 18.6. The lowest BCUT2D eigenvalue weighted by atomic mass is 9.86. The first-order valence-corrected chi connectivity index (χ1v) is 9.80. The van der Waals surface area contributed by atoms with E-state index in [2.05, 4.69) is 60.3 Å². The maximum Gasteiger partial charge on any atom is 0.133 e. The average Bonchev–Trinajstić information content (AvgIpc) is 2.65. The third-order valence-electron chi connectivity index (χ3n) is 5.02. The van der Waals surface area contributed by atoms with Crippen molar-refractivity contribution in [3.05, 3.63) is 65.5 Å². The predicted octanol–water partition coefficient (Wildman–Crippen LogP) is 7.16. The summed E-state index contributed by atoms with van der Waals surface area (Å²) >= 11 is 0. The van der Waals surface area contributed by atoms with Crippen molar-refractivity contribution in [1.29, 1.82) is 0 Å². The number of allylic oxidation sites excluding steroid dienone is 4. The Bertz CT molecular complexity index is 625. The van der Waals surface area contributed by atoms with E-state index in [0.717, 1.165) is 30.8 Å². The maximum absolute atomic E-state index is 6.51. The highest BCUT2D eigenvalue weighted by Crippen LogP contribution is 2.39. The maximum atomic E-state index is 6.51. The molecule has 1 rings (SSSR count). The lowest BCUT2D eigenvalue weighted by Gasteiger charge is -2.35. The molecule has 144 valence electrons. The zero-order valence-electron chi connectivity index (χ0n) is 17.7. The topological polar surface area (TPSA) is 18.5 Å². The fourth-order valence-corrected chi connectivity index (χ4v) is 3.12. The van der Waals surface area contributed by atoms with Gasteiger partial charge < -0.3 is 9.47 Å². The summed E-state index contributed by atoms with van der Waals surface area (Å²) in [6, 6.07) is 4.45. The van der Waals surface area contributed by atoms with Crippen LogP contribution >= 0.6 is 0 Å². The SMILES string of the molecule is C=C/C=C\C(=C/C)OC(CC)(CC)c1cc(C)c(OC(C)CC)c(C)c1. The van der Waals surface area contributed by atoms with Gasteiger partial charge in [-0.15, -0.1) is 0 Å². The van der Waals surface area contributed by atoms with Crippen molar-refractivity contribution in [3.63, 3.8) is 0 Å². The fraction of sp³-hybridized carbons (Fsp3) is 0.500. The molecule has 0 N–H and O–H groups in total. The van der Waals surface area contributed by atoms with Gasteiger partial charge in [-0.05, 0) is 87.9 Å². The highest BCUT2D eigenvalue weighted by Gasteiger charge is 2.32. The smallest absolute Gasteiger partial charge is 0.133 e. The van der Waals surface area contributed by atoms with Gasteiger partial charge in [0.15, 0.2) is 0 Å². The van der Waals surface area contributed by atoms with Gasteiger partial charge in [0.25, 0.3) is 0 Å². The minimum atomic E-state index is -0.349. The highest BCUT2D eigenvalue weighted by atomic mass is 16.5. The van der Waals surface area contributed by atoms with Crippen molar-refractivity contribution >= 4 is 0 Å². The zero-order valence-corrected chi connectivity index (χ0v) is 17.7. The summed E-state index contributed by atoms with van der Waals surface area (Å²) < 4.78 is 12.7. The van der Waals surface area contributed by atoms with Gasteiger partial charge in [0.2, 0.25) is 0 Å². The van der Waals surface area contributed by atoms with Crippen LogP contribution in [0.5, 0.6) is 5.75 Å². The lowest BCUT2D eigenvalue weighted by molar-refractivity contribution is -0.00436. The number of ether oxygens (including phenoxy) is 2. The van der Waals surface area contributed by atoms with E-state index in [1.54, 1.807) is 6.08 Å². The molecule has 2 heteroatoms. The number of aryl methyl sites for hydroxylation is 2. The quantitative estimate of drug-likeness (QED) is 0.327. The third kappa shape index (κ3) is 5.27. The van der Waals surface area contributed by atoms with Crippen molar-refractivity contribution in [3.8, 4) is 5.75 Å². The summed E-state index contributed by atoms with van der Waals surface area (Å²) in [6.07, 6.45) is 10.6. The van der Waals surface area contributed by atoms with Crippen molar-refractivity contribution in [2.75, 3.05) is 0 Å². The molecule has 0 saturated carbocycles. The normalized spacial score (nSPS) is 13.7. The summed E-state index contributed by atoms with van der Waals surface area (Å²) in [5.74, 6) is 1.87. The van der Waals surface area contributed by atoms with Gasteiger partial charge in [-0.3, -0.25) is 0 Å². The van der Waals surface area contributed by atoms with Crippen LogP contribution in [0.25, 0.3) is 0 Å². The minimum Gasteiger partial charge on any atom is -0.490 e. The molecule has 0 aromatic heterocycles. The van der Waals surface area contributed by atoms with E-state index in [4.69, 9.17) is 9.47 Å². The van der Waals surface area contributed by atoms with E-state index in [-0.39, 0.29) is 11.7 Å². The van der Waals surface area contributed by atoms with Gasteiger partial charge >= 0.3 is 0 Å². The second-order valence-electron chi connectivity index (χ2n) is 6.87. The highest BCUT2D eigenvalue weighted by molar-refractivity contribution is 5.45. The summed E-state index contributed by atoms with van der Waals surface area (Å²) in [5, 5.41) is 0. The molecule has 2 nitrogen and oxygen atoms in total.